The zero-order valence-corrected chi connectivity index (χ0v) is 5.60. The molecule has 0 radical (unpaired) electrons. The van der Waals surface area contributed by atoms with E-state index in [0.717, 1.165) is 6.39 Å². The molecule has 0 fully saturated rings. The number of aromatic nitrogens is 2. The molecular weight excluding hydrogens is 150 g/mol. The van der Waals surface area contributed by atoms with Crippen LogP contribution >= 0.6 is 0 Å². The van der Waals surface area contributed by atoms with Gasteiger partial charge >= 0.3 is 5.97 Å². The molecule has 3 N–H and O–H groups in total. The predicted octanol–water partition coefficient (Wildman–Crippen LogP) is -0.976. The van der Waals surface area contributed by atoms with Crippen molar-refractivity contribution in [3.8, 4) is 0 Å². The summed E-state index contributed by atoms with van der Waals surface area (Å²) in [7, 11) is 0. The molecule has 1 aromatic heterocycles. The Labute approximate surface area is 62.0 Å². The van der Waals surface area contributed by atoms with E-state index in [-0.39, 0.29) is 6.42 Å². The summed E-state index contributed by atoms with van der Waals surface area (Å²) in [6.45, 7) is 0. The van der Waals surface area contributed by atoms with Crippen LogP contribution in [-0.4, -0.2) is 27.3 Å². The SMILES string of the molecule is NC(Cc1ncon1)C(=O)O. The fraction of sp³-hybridized carbons (Fsp3) is 0.400. The van der Waals surface area contributed by atoms with Crippen molar-refractivity contribution in [2.45, 2.75) is 12.5 Å². The highest BCUT2D eigenvalue weighted by atomic mass is 16.5. The van der Waals surface area contributed by atoms with Gasteiger partial charge in [-0.05, 0) is 0 Å². The molecule has 1 rings (SSSR count). The van der Waals surface area contributed by atoms with Gasteiger partial charge in [0.2, 0.25) is 6.39 Å². The lowest BCUT2D eigenvalue weighted by molar-refractivity contribution is -0.138. The van der Waals surface area contributed by atoms with E-state index in [1.54, 1.807) is 0 Å². The van der Waals surface area contributed by atoms with Crippen LogP contribution in [0, 0.1) is 0 Å². The molecule has 0 aliphatic carbocycles. The fourth-order valence-corrected chi connectivity index (χ4v) is 0.566. The number of carbonyl (C=O) groups is 1. The van der Waals surface area contributed by atoms with Crippen molar-refractivity contribution >= 4 is 5.97 Å². The van der Waals surface area contributed by atoms with Crippen LogP contribution in [0.3, 0.4) is 0 Å². The molecule has 0 bridgehead atoms. The Bertz CT molecular complexity index is 233. The first-order valence-electron chi connectivity index (χ1n) is 2.94. The smallest absolute Gasteiger partial charge is 0.320 e. The van der Waals surface area contributed by atoms with Crippen LogP contribution in [0.15, 0.2) is 10.9 Å². The van der Waals surface area contributed by atoms with Crippen molar-refractivity contribution in [2.75, 3.05) is 0 Å². The van der Waals surface area contributed by atoms with Gasteiger partial charge in [0.1, 0.15) is 6.04 Å². The largest absolute Gasteiger partial charge is 0.480 e. The molecule has 6 heteroatoms. The molecule has 0 spiro atoms. The van der Waals surface area contributed by atoms with Crippen LogP contribution in [0.4, 0.5) is 0 Å². The molecular formula is C5H7N3O3. The quantitative estimate of drug-likeness (QED) is 0.584. The number of carboxylic acids is 1. The molecule has 0 saturated heterocycles. The lowest BCUT2D eigenvalue weighted by Crippen LogP contribution is -2.32. The van der Waals surface area contributed by atoms with Crippen molar-refractivity contribution in [1.29, 1.82) is 0 Å². The molecule has 0 amide bonds. The molecule has 6 nitrogen and oxygen atoms in total. The molecule has 1 aromatic rings. The number of hydrogen-bond donors (Lipinski definition) is 2. The second-order valence-corrected chi connectivity index (χ2v) is 2.00. The highest BCUT2D eigenvalue weighted by molar-refractivity contribution is 5.73. The summed E-state index contributed by atoms with van der Waals surface area (Å²) in [6.07, 6.45) is 1.22. The Balaban J connectivity index is 2.50. The number of rotatable bonds is 3. The van der Waals surface area contributed by atoms with E-state index in [4.69, 9.17) is 10.8 Å². The van der Waals surface area contributed by atoms with E-state index in [1.165, 1.54) is 0 Å². The summed E-state index contributed by atoms with van der Waals surface area (Å²) in [5.74, 6) is -0.769. The minimum Gasteiger partial charge on any atom is -0.480 e. The molecule has 0 aliphatic rings. The van der Waals surface area contributed by atoms with Gasteiger partial charge in [-0.1, -0.05) is 5.16 Å². The van der Waals surface area contributed by atoms with E-state index in [9.17, 15) is 4.79 Å². The first kappa shape index (κ1) is 7.67. The van der Waals surface area contributed by atoms with Crippen LogP contribution in [0.5, 0.6) is 0 Å². The molecule has 1 heterocycles. The van der Waals surface area contributed by atoms with Crippen molar-refractivity contribution in [2.24, 2.45) is 5.73 Å². The predicted molar refractivity (Wildman–Crippen MR) is 33.6 cm³/mol. The molecule has 0 aromatic carbocycles. The summed E-state index contributed by atoms with van der Waals surface area (Å²) in [5, 5.41) is 11.8. The minimum absolute atomic E-state index is 0.0891. The third kappa shape index (κ3) is 2.01. The third-order valence-electron chi connectivity index (χ3n) is 1.13. The number of nitrogens with two attached hydrogens (primary N) is 1. The molecule has 0 saturated carbocycles. The third-order valence-corrected chi connectivity index (χ3v) is 1.13. The highest BCUT2D eigenvalue weighted by Crippen LogP contribution is 1.93. The average Bonchev–Trinajstić information content (AvgIpc) is 2.39. The highest BCUT2D eigenvalue weighted by Gasteiger charge is 2.14. The average molecular weight is 157 g/mol. The van der Waals surface area contributed by atoms with Gasteiger partial charge in [0.25, 0.3) is 0 Å². The molecule has 11 heavy (non-hydrogen) atoms. The number of aliphatic carboxylic acids is 1. The normalized spacial score (nSPS) is 12.8. The molecule has 60 valence electrons. The van der Waals surface area contributed by atoms with Gasteiger partial charge in [0.05, 0.1) is 0 Å². The lowest BCUT2D eigenvalue weighted by atomic mass is 10.2. The van der Waals surface area contributed by atoms with E-state index in [1.807, 2.05) is 0 Å². The Morgan fingerprint density at radius 2 is 2.64 bits per heavy atom. The van der Waals surface area contributed by atoms with Gasteiger partial charge in [-0.15, -0.1) is 0 Å². The first-order valence-corrected chi connectivity index (χ1v) is 2.94. The van der Waals surface area contributed by atoms with Gasteiger partial charge in [-0.3, -0.25) is 4.79 Å². The topological polar surface area (TPSA) is 102 Å². The zero-order valence-electron chi connectivity index (χ0n) is 5.60. The minimum atomic E-state index is -1.07. The molecule has 1 atom stereocenters. The van der Waals surface area contributed by atoms with Crippen molar-refractivity contribution in [1.82, 2.24) is 10.1 Å². The van der Waals surface area contributed by atoms with E-state index in [2.05, 4.69) is 14.7 Å². The monoisotopic (exact) mass is 157 g/mol. The summed E-state index contributed by atoms with van der Waals surface area (Å²) in [6, 6.07) is -0.965. The zero-order chi connectivity index (χ0) is 8.27. The van der Waals surface area contributed by atoms with Crippen LogP contribution in [0.1, 0.15) is 5.82 Å². The van der Waals surface area contributed by atoms with Crippen molar-refractivity contribution in [3.63, 3.8) is 0 Å². The Morgan fingerprint density at radius 1 is 1.91 bits per heavy atom. The number of hydrogen-bond acceptors (Lipinski definition) is 5. The number of nitrogens with zero attached hydrogens (tertiary/aromatic N) is 2. The van der Waals surface area contributed by atoms with Crippen LogP contribution < -0.4 is 5.73 Å². The van der Waals surface area contributed by atoms with Gasteiger partial charge in [-0.2, -0.15) is 4.98 Å². The molecule has 1 unspecified atom stereocenters. The maximum Gasteiger partial charge on any atom is 0.320 e. The maximum atomic E-state index is 10.2. The second kappa shape index (κ2) is 3.11. The second-order valence-electron chi connectivity index (χ2n) is 2.00. The van der Waals surface area contributed by atoms with E-state index < -0.39 is 12.0 Å². The van der Waals surface area contributed by atoms with Crippen LogP contribution in [0.25, 0.3) is 0 Å². The standard InChI is InChI=1S/C5H7N3O3/c6-3(5(9)10)1-4-7-2-11-8-4/h2-3H,1,6H2,(H,9,10). The lowest BCUT2D eigenvalue weighted by Gasteiger charge is -1.99. The Hall–Kier alpha value is -1.43. The van der Waals surface area contributed by atoms with Crippen LogP contribution in [-0.2, 0) is 11.2 Å². The van der Waals surface area contributed by atoms with Crippen molar-refractivity contribution in [3.05, 3.63) is 12.2 Å². The maximum absolute atomic E-state index is 10.2. The van der Waals surface area contributed by atoms with Gasteiger partial charge in [0, 0.05) is 6.42 Å². The number of carboxylic acid groups (broad SMARTS) is 1. The summed E-state index contributed by atoms with van der Waals surface area (Å²) < 4.78 is 4.39. The van der Waals surface area contributed by atoms with E-state index >= 15 is 0 Å². The van der Waals surface area contributed by atoms with Crippen molar-refractivity contribution < 1.29 is 14.4 Å². The van der Waals surface area contributed by atoms with Gasteiger partial charge < -0.3 is 15.4 Å². The van der Waals surface area contributed by atoms with Crippen LogP contribution in [0.2, 0.25) is 0 Å². The van der Waals surface area contributed by atoms with Gasteiger partial charge in [-0.25, -0.2) is 0 Å². The van der Waals surface area contributed by atoms with Gasteiger partial charge in [0.15, 0.2) is 5.82 Å². The first-order chi connectivity index (χ1) is 5.20. The van der Waals surface area contributed by atoms with E-state index in [0.29, 0.717) is 5.82 Å². The Kier molecular flexibility index (Phi) is 2.17. The Morgan fingerprint density at radius 3 is 3.09 bits per heavy atom. The fourth-order valence-electron chi connectivity index (χ4n) is 0.566. The molecule has 0 aliphatic heterocycles. The summed E-state index contributed by atoms with van der Waals surface area (Å²) in [4.78, 5) is 13.8. The summed E-state index contributed by atoms with van der Waals surface area (Å²) >= 11 is 0. The summed E-state index contributed by atoms with van der Waals surface area (Å²) in [5.41, 5.74) is 5.19.